The molecule has 3 heterocycles. The van der Waals surface area contributed by atoms with Crippen molar-refractivity contribution in [3.05, 3.63) is 35.3 Å². The minimum Gasteiger partial charge on any atom is -0.379 e. The van der Waals surface area contributed by atoms with Crippen LogP contribution in [-0.4, -0.2) is 53.0 Å². The highest BCUT2D eigenvalue weighted by molar-refractivity contribution is 7.15. The summed E-state index contributed by atoms with van der Waals surface area (Å²) in [5, 5.41) is 4.33. The number of rotatable bonds is 5. The molecule has 1 saturated heterocycles. The minimum atomic E-state index is -4.39. The van der Waals surface area contributed by atoms with E-state index in [1.54, 1.807) is 30.5 Å². The largest absolute Gasteiger partial charge is 0.406 e. The lowest BCUT2D eigenvalue weighted by Gasteiger charge is -2.33. The maximum absolute atomic E-state index is 14.5. The van der Waals surface area contributed by atoms with Gasteiger partial charge in [0.1, 0.15) is 17.7 Å². The van der Waals surface area contributed by atoms with Gasteiger partial charge in [-0.05, 0) is 31.7 Å². The molecule has 3 N–H and O–H groups in total. The van der Waals surface area contributed by atoms with Crippen molar-refractivity contribution < 1.29 is 17.6 Å². The topological polar surface area (TPSA) is 59.1 Å². The number of likely N-dealkylation sites (tertiary alicyclic amines) is 1. The molecule has 2 aromatic heterocycles. The van der Waals surface area contributed by atoms with E-state index in [1.165, 1.54) is 15.9 Å². The molecule has 0 amide bonds. The van der Waals surface area contributed by atoms with Crippen LogP contribution in [0, 0.1) is 0 Å². The molecule has 5 nitrogen and oxygen atoms in total. The van der Waals surface area contributed by atoms with E-state index in [-0.39, 0.29) is 12.6 Å². The zero-order valence-electron chi connectivity index (χ0n) is 16.4. The summed E-state index contributed by atoms with van der Waals surface area (Å²) < 4.78 is 55.8. The highest BCUT2D eigenvalue weighted by Gasteiger charge is 2.32. The molecular weight excluding hydrogens is 418 g/mol. The van der Waals surface area contributed by atoms with Crippen LogP contribution in [0.4, 0.5) is 23.2 Å². The lowest BCUT2D eigenvalue weighted by molar-refractivity contribution is -0.139. The fourth-order valence-electron chi connectivity index (χ4n) is 3.88. The van der Waals surface area contributed by atoms with Gasteiger partial charge in [0.15, 0.2) is 0 Å². The SMILES string of the molecule is CN1CC[C@H](Nc2cccc3c2cc(-c2ncc(CN)s2)n3CC(F)(F)F)[C@H](F)C1. The maximum atomic E-state index is 14.5. The molecule has 1 fully saturated rings. The van der Waals surface area contributed by atoms with Crippen molar-refractivity contribution in [2.24, 2.45) is 5.73 Å². The highest BCUT2D eigenvalue weighted by atomic mass is 32.1. The number of alkyl halides is 4. The third-order valence-electron chi connectivity index (χ3n) is 5.34. The summed E-state index contributed by atoms with van der Waals surface area (Å²) in [6.07, 6.45) is -3.24. The first-order valence-corrected chi connectivity index (χ1v) is 10.5. The Labute approximate surface area is 175 Å². The molecule has 2 atom stereocenters. The van der Waals surface area contributed by atoms with Crippen molar-refractivity contribution in [1.82, 2.24) is 14.5 Å². The van der Waals surface area contributed by atoms with Crippen molar-refractivity contribution in [3.8, 4) is 10.7 Å². The van der Waals surface area contributed by atoms with Gasteiger partial charge in [-0.15, -0.1) is 11.3 Å². The van der Waals surface area contributed by atoms with Crippen molar-refractivity contribution in [2.75, 3.05) is 25.5 Å². The molecule has 3 aromatic rings. The van der Waals surface area contributed by atoms with Gasteiger partial charge in [0, 0.05) is 41.8 Å². The Morgan fingerprint density at radius 1 is 1.33 bits per heavy atom. The number of hydrogen-bond donors (Lipinski definition) is 2. The number of fused-ring (bicyclic) bond motifs is 1. The number of halogens is 4. The second-order valence-electron chi connectivity index (χ2n) is 7.62. The van der Waals surface area contributed by atoms with Crippen LogP contribution in [0.3, 0.4) is 0 Å². The van der Waals surface area contributed by atoms with Crippen molar-refractivity contribution >= 4 is 27.9 Å². The van der Waals surface area contributed by atoms with E-state index in [1.807, 2.05) is 11.9 Å². The highest BCUT2D eigenvalue weighted by Crippen LogP contribution is 2.37. The molecule has 0 radical (unpaired) electrons. The van der Waals surface area contributed by atoms with Crippen LogP contribution in [0.1, 0.15) is 11.3 Å². The number of benzene rings is 1. The molecule has 0 unspecified atom stereocenters. The van der Waals surface area contributed by atoms with Gasteiger partial charge in [0.2, 0.25) is 0 Å². The molecule has 162 valence electrons. The van der Waals surface area contributed by atoms with E-state index < -0.39 is 18.9 Å². The number of nitrogens with one attached hydrogen (secondary N) is 1. The Morgan fingerprint density at radius 3 is 2.80 bits per heavy atom. The Hall–Kier alpha value is -2.17. The summed E-state index contributed by atoms with van der Waals surface area (Å²) >= 11 is 1.27. The zero-order chi connectivity index (χ0) is 21.5. The predicted octanol–water partition coefficient (Wildman–Crippen LogP) is 4.24. The standard InChI is InChI=1S/C20H23F4N5S/c1-28-6-5-16(14(21)10-28)27-15-3-2-4-17-13(15)7-18(29(17)11-20(22,23)24)19-26-9-12(8-25)30-19/h2-4,7,9,14,16,27H,5-6,8,10-11,25H2,1H3/t14-,16+/m1/s1. The fourth-order valence-corrected chi connectivity index (χ4v) is 4.69. The second kappa shape index (κ2) is 8.16. The van der Waals surface area contributed by atoms with E-state index in [0.29, 0.717) is 40.3 Å². The Morgan fingerprint density at radius 2 is 2.13 bits per heavy atom. The minimum absolute atomic E-state index is 0.276. The first-order valence-electron chi connectivity index (χ1n) is 9.68. The number of aromatic nitrogens is 2. The third kappa shape index (κ3) is 4.30. The maximum Gasteiger partial charge on any atom is 0.406 e. The number of anilines is 1. The summed E-state index contributed by atoms with van der Waals surface area (Å²) in [4.78, 5) is 6.99. The molecule has 30 heavy (non-hydrogen) atoms. The van der Waals surface area contributed by atoms with Gasteiger partial charge in [-0.3, -0.25) is 0 Å². The summed E-state index contributed by atoms with van der Waals surface area (Å²) in [6.45, 7) is 0.231. The van der Waals surface area contributed by atoms with E-state index in [4.69, 9.17) is 5.73 Å². The van der Waals surface area contributed by atoms with E-state index in [9.17, 15) is 17.6 Å². The van der Waals surface area contributed by atoms with Crippen LogP contribution < -0.4 is 11.1 Å². The normalized spacial score (nSPS) is 20.7. The van der Waals surface area contributed by atoms with Crippen LogP contribution in [-0.2, 0) is 13.1 Å². The van der Waals surface area contributed by atoms with E-state index in [0.717, 1.165) is 11.4 Å². The number of piperidine rings is 1. The summed E-state index contributed by atoms with van der Waals surface area (Å²) in [6, 6.07) is 6.43. The van der Waals surface area contributed by atoms with Gasteiger partial charge in [-0.2, -0.15) is 13.2 Å². The quantitative estimate of drug-likeness (QED) is 0.582. The Balaban J connectivity index is 1.77. The predicted molar refractivity (Wildman–Crippen MR) is 111 cm³/mol. The van der Waals surface area contributed by atoms with Gasteiger partial charge in [-0.25, -0.2) is 9.37 Å². The lowest BCUT2D eigenvalue weighted by Crippen LogP contribution is -2.46. The van der Waals surface area contributed by atoms with Crippen molar-refractivity contribution in [3.63, 3.8) is 0 Å². The molecule has 1 aliphatic rings. The summed E-state index contributed by atoms with van der Waals surface area (Å²) in [7, 11) is 1.87. The molecule has 0 aliphatic carbocycles. The first-order chi connectivity index (χ1) is 14.2. The third-order valence-corrected chi connectivity index (χ3v) is 6.38. The zero-order valence-corrected chi connectivity index (χ0v) is 17.2. The van der Waals surface area contributed by atoms with Gasteiger partial charge >= 0.3 is 6.18 Å². The Bertz CT molecular complexity index is 1030. The smallest absolute Gasteiger partial charge is 0.379 e. The van der Waals surface area contributed by atoms with Gasteiger partial charge in [0.25, 0.3) is 0 Å². The molecule has 0 spiro atoms. The molecule has 4 rings (SSSR count). The Kier molecular flexibility index (Phi) is 5.73. The molecule has 1 aliphatic heterocycles. The molecule has 0 bridgehead atoms. The van der Waals surface area contributed by atoms with Gasteiger partial charge in [0.05, 0.1) is 17.3 Å². The number of thiazole rings is 1. The second-order valence-corrected chi connectivity index (χ2v) is 8.74. The summed E-state index contributed by atoms with van der Waals surface area (Å²) in [5.41, 5.74) is 7.08. The van der Waals surface area contributed by atoms with Crippen LogP contribution in [0.25, 0.3) is 21.6 Å². The average Bonchev–Trinajstić information content (AvgIpc) is 3.28. The van der Waals surface area contributed by atoms with Crippen molar-refractivity contribution in [1.29, 1.82) is 0 Å². The van der Waals surface area contributed by atoms with Crippen molar-refractivity contribution in [2.45, 2.75) is 37.9 Å². The van der Waals surface area contributed by atoms with Crippen LogP contribution in [0.15, 0.2) is 30.5 Å². The molecule has 10 heteroatoms. The fraction of sp³-hybridized carbons (Fsp3) is 0.450. The van der Waals surface area contributed by atoms with E-state index >= 15 is 0 Å². The lowest BCUT2D eigenvalue weighted by atomic mass is 10.0. The summed E-state index contributed by atoms with van der Waals surface area (Å²) in [5.74, 6) is 0. The molecule has 1 aromatic carbocycles. The van der Waals surface area contributed by atoms with Crippen LogP contribution >= 0.6 is 11.3 Å². The van der Waals surface area contributed by atoms with Gasteiger partial charge in [-0.1, -0.05) is 6.07 Å². The van der Waals surface area contributed by atoms with Crippen LogP contribution in [0.2, 0.25) is 0 Å². The monoisotopic (exact) mass is 441 g/mol. The number of nitrogens with two attached hydrogens (primary N) is 1. The number of hydrogen-bond acceptors (Lipinski definition) is 5. The number of nitrogens with zero attached hydrogens (tertiary/aromatic N) is 3. The first kappa shape index (κ1) is 21.1. The molecular formula is C20H23F4N5S. The molecule has 0 saturated carbocycles. The van der Waals surface area contributed by atoms with E-state index in [2.05, 4.69) is 10.3 Å². The van der Waals surface area contributed by atoms with Crippen LogP contribution in [0.5, 0.6) is 0 Å². The van der Waals surface area contributed by atoms with Gasteiger partial charge < -0.3 is 20.5 Å². The average molecular weight is 441 g/mol.